The van der Waals surface area contributed by atoms with E-state index in [0.29, 0.717) is 22.9 Å². The van der Waals surface area contributed by atoms with Crippen LogP contribution in [0, 0.1) is 0 Å². The first-order valence-electron chi connectivity index (χ1n) is 10.8. The van der Waals surface area contributed by atoms with Crippen LogP contribution in [0.1, 0.15) is 31.4 Å². The van der Waals surface area contributed by atoms with Gasteiger partial charge in [-0.1, -0.05) is 41.9 Å². The molecule has 1 amide bonds. The molecule has 0 aliphatic rings. The van der Waals surface area contributed by atoms with Crippen LogP contribution in [0.3, 0.4) is 0 Å². The number of rotatable bonds is 13. The number of hydrogen-bond donors (Lipinski definition) is 3. The fourth-order valence-electron chi connectivity index (χ4n) is 3.02. The number of benzene rings is 2. The molecule has 7 nitrogen and oxygen atoms in total. The Balaban J connectivity index is 1.78. The summed E-state index contributed by atoms with van der Waals surface area (Å²) in [5, 5.41) is 6.55. The van der Waals surface area contributed by atoms with Crippen molar-refractivity contribution in [3.8, 4) is 5.75 Å². The van der Waals surface area contributed by atoms with Crippen molar-refractivity contribution < 1.29 is 19.1 Å². The Labute approximate surface area is 194 Å². The van der Waals surface area contributed by atoms with Crippen LogP contribution in [0.2, 0.25) is 5.02 Å². The number of carbonyl (C=O) groups excluding carboxylic acids is 2. The van der Waals surface area contributed by atoms with E-state index in [1.54, 1.807) is 32.0 Å². The summed E-state index contributed by atoms with van der Waals surface area (Å²) < 4.78 is 10.4. The van der Waals surface area contributed by atoms with E-state index in [1.165, 1.54) is 5.56 Å². The van der Waals surface area contributed by atoms with Gasteiger partial charge in [-0.25, -0.2) is 4.79 Å². The fourth-order valence-corrected chi connectivity index (χ4v) is 3.22. The van der Waals surface area contributed by atoms with Gasteiger partial charge in [-0.05, 0) is 50.5 Å². The first-order chi connectivity index (χ1) is 15.4. The minimum absolute atomic E-state index is 0.0544. The van der Waals surface area contributed by atoms with Gasteiger partial charge in [0.1, 0.15) is 5.75 Å². The third-order valence-corrected chi connectivity index (χ3v) is 5.09. The molecule has 0 fully saturated rings. The second-order valence-electron chi connectivity index (χ2n) is 7.48. The van der Waals surface area contributed by atoms with Crippen LogP contribution in [0.25, 0.3) is 0 Å². The molecular formula is C24H32ClN3O4. The first kappa shape index (κ1) is 25.6. The number of hydrogen-bond acceptors (Lipinski definition) is 6. The van der Waals surface area contributed by atoms with E-state index in [0.717, 1.165) is 12.8 Å². The minimum Gasteiger partial charge on any atom is -0.482 e. The van der Waals surface area contributed by atoms with Crippen molar-refractivity contribution >= 4 is 23.5 Å². The molecule has 0 bridgehead atoms. The van der Waals surface area contributed by atoms with Crippen molar-refractivity contribution in [3.05, 3.63) is 64.7 Å². The molecule has 2 atom stereocenters. The normalized spacial score (nSPS) is 12.6. The number of nitrogens with two attached hydrogens (primary N) is 1. The van der Waals surface area contributed by atoms with E-state index < -0.39 is 12.0 Å². The lowest BCUT2D eigenvalue weighted by Gasteiger charge is -2.18. The van der Waals surface area contributed by atoms with Gasteiger partial charge in [-0.2, -0.15) is 0 Å². The number of carbonyl (C=O) groups is 2. The highest BCUT2D eigenvalue weighted by atomic mass is 35.5. The van der Waals surface area contributed by atoms with Crippen molar-refractivity contribution in [2.45, 2.75) is 45.3 Å². The molecule has 0 aliphatic carbocycles. The Morgan fingerprint density at radius 3 is 2.62 bits per heavy atom. The SMILES string of the molecule is CCOC(=O)COc1ccc(Cl)cc1CNC(=O)[C@H](C)NC[C@H](N)CCc1ccccc1. The second kappa shape index (κ2) is 13.7. The van der Waals surface area contributed by atoms with Crippen molar-refractivity contribution in [3.63, 3.8) is 0 Å². The highest BCUT2D eigenvalue weighted by Crippen LogP contribution is 2.23. The lowest BCUT2D eigenvalue weighted by molar-refractivity contribution is -0.145. The summed E-state index contributed by atoms with van der Waals surface area (Å²) in [6.07, 6.45) is 1.72. The molecule has 174 valence electrons. The van der Waals surface area contributed by atoms with Gasteiger partial charge in [0.25, 0.3) is 0 Å². The van der Waals surface area contributed by atoms with Gasteiger partial charge in [0.15, 0.2) is 6.61 Å². The highest BCUT2D eigenvalue weighted by Gasteiger charge is 2.15. The molecule has 0 heterocycles. The Bertz CT molecular complexity index is 864. The lowest BCUT2D eigenvalue weighted by atomic mass is 10.1. The molecule has 0 radical (unpaired) electrons. The summed E-state index contributed by atoms with van der Waals surface area (Å²) >= 11 is 6.08. The maximum absolute atomic E-state index is 12.5. The summed E-state index contributed by atoms with van der Waals surface area (Å²) in [6.45, 7) is 4.33. The topological polar surface area (TPSA) is 103 Å². The summed E-state index contributed by atoms with van der Waals surface area (Å²) in [4.78, 5) is 24.0. The van der Waals surface area contributed by atoms with Gasteiger partial charge in [0, 0.05) is 29.7 Å². The van der Waals surface area contributed by atoms with Gasteiger partial charge >= 0.3 is 5.97 Å². The monoisotopic (exact) mass is 461 g/mol. The van der Waals surface area contributed by atoms with Crippen molar-refractivity contribution in [1.29, 1.82) is 0 Å². The molecule has 0 unspecified atom stereocenters. The number of halogens is 1. The van der Waals surface area contributed by atoms with Crippen LogP contribution in [0.5, 0.6) is 5.75 Å². The predicted octanol–water partition coefficient (Wildman–Crippen LogP) is 2.84. The Kier molecular flexibility index (Phi) is 11.0. The van der Waals surface area contributed by atoms with E-state index in [9.17, 15) is 9.59 Å². The number of ether oxygens (including phenoxy) is 2. The van der Waals surface area contributed by atoms with Crippen LogP contribution < -0.4 is 21.1 Å². The van der Waals surface area contributed by atoms with Crippen LogP contribution in [-0.2, 0) is 27.3 Å². The quantitative estimate of drug-likeness (QED) is 0.396. The molecule has 32 heavy (non-hydrogen) atoms. The van der Waals surface area contributed by atoms with Crippen molar-refractivity contribution in [2.75, 3.05) is 19.8 Å². The fraction of sp³-hybridized carbons (Fsp3) is 0.417. The largest absolute Gasteiger partial charge is 0.482 e. The standard InChI is InChI=1S/C24H32ClN3O4/c1-3-31-23(29)16-32-22-12-10-20(25)13-19(22)14-28-24(30)17(2)27-15-21(26)11-9-18-7-5-4-6-8-18/h4-8,10,12-13,17,21,27H,3,9,11,14-16,26H2,1-2H3,(H,28,30)/t17-,21+/m0/s1. The maximum atomic E-state index is 12.5. The number of amides is 1. The van der Waals surface area contributed by atoms with E-state index in [2.05, 4.69) is 22.8 Å². The third kappa shape index (κ3) is 9.26. The second-order valence-corrected chi connectivity index (χ2v) is 7.91. The van der Waals surface area contributed by atoms with Crippen molar-refractivity contribution in [2.24, 2.45) is 5.73 Å². The summed E-state index contributed by atoms with van der Waals surface area (Å²) in [7, 11) is 0. The lowest BCUT2D eigenvalue weighted by Crippen LogP contribution is -2.46. The first-order valence-corrected chi connectivity index (χ1v) is 11.1. The summed E-state index contributed by atoms with van der Waals surface area (Å²) in [5.41, 5.74) is 8.10. The van der Waals surface area contributed by atoms with Gasteiger partial charge < -0.3 is 25.8 Å². The molecular weight excluding hydrogens is 430 g/mol. The molecule has 2 aromatic rings. The predicted molar refractivity (Wildman–Crippen MR) is 126 cm³/mol. The summed E-state index contributed by atoms with van der Waals surface area (Å²) in [5.74, 6) is -0.165. The van der Waals surface area contributed by atoms with Crippen LogP contribution in [0.4, 0.5) is 0 Å². The van der Waals surface area contributed by atoms with E-state index in [1.807, 2.05) is 18.2 Å². The van der Waals surface area contributed by atoms with Crippen LogP contribution in [-0.4, -0.2) is 43.7 Å². The molecule has 0 aliphatic heterocycles. The number of aryl methyl sites for hydroxylation is 1. The number of nitrogens with one attached hydrogen (secondary N) is 2. The maximum Gasteiger partial charge on any atom is 0.344 e. The Hall–Kier alpha value is -2.61. The van der Waals surface area contributed by atoms with Crippen LogP contribution in [0.15, 0.2) is 48.5 Å². The molecule has 2 aromatic carbocycles. The van der Waals surface area contributed by atoms with E-state index >= 15 is 0 Å². The number of esters is 1. The van der Waals surface area contributed by atoms with Crippen molar-refractivity contribution in [1.82, 2.24) is 10.6 Å². The summed E-state index contributed by atoms with van der Waals surface area (Å²) in [6, 6.07) is 14.7. The molecule has 8 heteroatoms. The average Bonchev–Trinajstić information content (AvgIpc) is 2.79. The molecule has 4 N–H and O–H groups in total. The third-order valence-electron chi connectivity index (χ3n) is 4.85. The molecule has 2 rings (SSSR count). The minimum atomic E-state index is -0.459. The van der Waals surface area contributed by atoms with Gasteiger partial charge in [-0.15, -0.1) is 0 Å². The van der Waals surface area contributed by atoms with E-state index in [-0.39, 0.29) is 31.7 Å². The van der Waals surface area contributed by atoms with Gasteiger partial charge in [-0.3, -0.25) is 4.79 Å². The Morgan fingerprint density at radius 2 is 1.91 bits per heavy atom. The molecule has 0 aromatic heterocycles. The molecule has 0 spiro atoms. The zero-order valence-electron chi connectivity index (χ0n) is 18.6. The zero-order chi connectivity index (χ0) is 23.3. The van der Waals surface area contributed by atoms with Gasteiger partial charge in [0.05, 0.1) is 12.6 Å². The molecule has 0 saturated carbocycles. The van der Waals surface area contributed by atoms with Crippen LogP contribution >= 0.6 is 11.6 Å². The molecule has 0 saturated heterocycles. The Morgan fingerprint density at radius 1 is 1.16 bits per heavy atom. The van der Waals surface area contributed by atoms with Gasteiger partial charge in [0.2, 0.25) is 5.91 Å². The highest BCUT2D eigenvalue weighted by molar-refractivity contribution is 6.30. The van der Waals surface area contributed by atoms with E-state index in [4.69, 9.17) is 26.8 Å². The smallest absolute Gasteiger partial charge is 0.344 e. The average molecular weight is 462 g/mol. The zero-order valence-corrected chi connectivity index (χ0v) is 19.4.